The molecule has 2 heterocycles. The van der Waals surface area contributed by atoms with Crippen LogP contribution in [0, 0.1) is 5.92 Å². The molecule has 2 aromatic rings. The van der Waals surface area contributed by atoms with Gasteiger partial charge in [0.1, 0.15) is 0 Å². The number of hydrogen-bond acceptors (Lipinski definition) is 5. The van der Waals surface area contributed by atoms with Gasteiger partial charge in [0.25, 0.3) is 0 Å². The Morgan fingerprint density at radius 2 is 1.83 bits per heavy atom. The van der Waals surface area contributed by atoms with Crippen molar-refractivity contribution in [2.24, 2.45) is 5.92 Å². The fourth-order valence-corrected chi connectivity index (χ4v) is 4.70. The molecule has 0 saturated carbocycles. The first-order valence-electron chi connectivity index (χ1n) is 9.51. The number of carbonyl (C=O) groups excluding carboxylic acids is 4. The molecule has 0 bridgehead atoms. The number of likely N-dealkylation sites (N-methyl/N-ethyl adjacent to an activating group) is 1. The van der Waals surface area contributed by atoms with Crippen LogP contribution in [0.15, 0.2) is 48.5 Å². The van der Waals surface area contributed by atoms with Gasteiger partial charge in [-0.1, -0.05) is 35.9 Å². The zero-order valence-corrected chi connectivity index (χ0v) is 17.2. The summed E-state index contributed by atoms with van der Waals surface area (Å²) in [5.74, 6) is -3.90. The Labute approximate surface area is 178 Å². The van der Waals surface area contributed by atoms with E-state index in [-0.39, 0.29) is 23.6 Å². The zero-order valence-electron chi connectivity index (χ0n) is 16.4. The number of para-hydroxylation sites is 1. The quantitative estimate of drug-likeness (QED) is 0.426. The Balaban J connectivity index is 1.93. The summed E-state index contributed by atoms with van der Waals surface area (Å²) in [6.45, 7) is 1.62. The Kier molecular flexibility index (Phi) is 4.86. The van der Waals surface area contributed by atoms with Crippen LogP contribution in [0.4, 0.5) is 11.4 Å². The second-order valence-electron chi connectivity index (χ2n) is 7.19. The molecule has 1 fully saturated rings. The molecule has 2 aliphatic heterocycles. The predicted octanol–water partition coefficient (Wildman–Crippen LogP) is 2.70. The maximum absolute atomic E-state index is 13.5. The zero-order chi connectivity index (χ0) is 21.6. The first-order valence-corrected chi connectivity index (χ1v) is 9.89. The van der Waals surface area contributed by atoms with Crippen molar-refractivity contribution in [3.05, 3.63) is 59.1 Å². The summed E-state index contributed by atoms with van der Waals surface area (Å²) in [6, 6.07) is 13.3. The highest BCUT2D eigenvalue weighted by atomic mass is 35.5. The second-order valence-corrected chi connectivity index (χ2v) is 7.59. The van der Waals surface area contributed by atoms with Gasteiger partial charge in [-0.05, 0) is 31.2 Å². The molecule has 0 aromatic heterocycles. The molecule has 3 amide bonds. The van der Waals surface area contributed by atoms with Gasteiger partial charge in [-0.2, -0.15) is 0 Å². The maximum Gasteiger partial charge on any atom is 0.327 e. The Morgan fingerprint density at radius 3 is 2.50 bits per heavy atom. The van der Waals surface area contributed by atoms with Gasteiger partial charge in [0.15, 0.2) is 5.41 Å². The van der Waals surface area contributed by atoms with E-state index in [4.69, 9.17) is 16.3 Å². The van der Waals surface area contributed by atoms with E-state index < -0.39 is 35.0 Å². The molecular formula is C22H19ClN2O5. The van der Waals surface area contributed by atoms with Crippen molar-refractivity contribution < 1.29 is 23.9 Å². The number of esters is 1. The van der Waals surface area contributed by atoms with E-state index >= 15 is 0 Å². The monoisotopic (exact) mass is 426 g/mol. The van der Waals surface area contributed by atoms with Crippen molar-refractivity contribution >= 4 is 46.7 Å². The van der Waals surface area contributed by atoms with Gasteiger partial charge in [0.05, 0.1) is 18.2 Å². The SMILES string of the molecule is CCOC(=O)[C@]1([C@@H]2CC(=O)N(c3ccccc3)C2=O)C(=O)N(C)c2cccc(Cl)c21. The van der Waals surface area contributed by atoms with Crippen LogP contribution < -0.4 is 9.80 Å². The highest BCUT2D eigenvalue weighted by Crippen LogP contribution is 2.52. The van der Waals surface area contributed by atoms with E-state index in [1.165, 1.54) is 11.9 Å². The minimum Gasteiger partial charge on any atom is -0.465 e. The summed E-state index contributed by atoms with van der Waals surface area (Å²) in [5.41, 5.74) is -1.01. The van der Waals surface area contributed by atoms with Crippen LogP contribution in [-0.2, 0) is 29.3 Å². The predicted molar refractivity (Wildman–Crippen MR) is 110 cm³/mol. The molecule has 0 spiro atoms. The molecule has 4 rings (SSSR count). The average molecular weight is 427 g/mol. The molecule has 30 heavy (non-hydrogen) atoms. The molecule has 2 aliphatic rings. The molecule has 7 nitrogen and oxygen atoms in total. The molecule has 0 N–H and O–H groups in total. The van der Waals surface area contributed by atoms with Crippen LogP contribution in [0.5, 0.6) is 0 Å². The molecule has 1 saturated heterocycles. The lowest BCUT2D eigenvalue weighted by molar-refractivity contribution is -0.158. The van der Waals surface area contributed by atoms with Gasteiger partial charge < -0.3 is 9.64 Å². The molecular weight excluding hydrogens is 408 g/mol. The third-order valence-electron chi connectivity index (χ3n) is 5.67. The first kappa shape index (κ1) is 20.1. The van der Waals surface area contributed by atoms with Gasteiger partial charge in [-0.25, -0.2) is 0 Å². The van der Waals surface area contributed by atoms with E-state index in [0.717, 1.165) is 4.90 Å². The van der Waals surface area contributed by atoms with Crippen molar-refractivity contribution in [2.45, 2.75) is 18.8 Å². The van der Waals surface area contributed by atoms with E-state index in [1.807, 2.05) is 0 Å². The number of anilines is 2. The van der Waals surface area contributed by atoms with Crippen LogP contribution >= 0.6 is 11.6 Å². The number of ether oxygens (including phenoxy) is 1. The lowest BCUT2D eigenvalue weighted by atomic mass is 9.69. The van der Waals surface area contributed by atoms with Crippen LogP contribution in [-0.4, -0.2) is 37.3 Å². The Hall–Kier alpha value is -3.19. The highest BCUT2D eigenvalue weighted by molar-refractivity contribution is 6.36. The van der Waals surface area contributed by atoms with E-state index in [2.05, 4.69) is 0 Å². The number of nitrogens with zero attached hydrogens (tertiary/aromatic N) is 2. The Morgan fingerprint density at radius 1 is 1.13 bits per heavy atom. The fraction of sp³-hybridized carbons (Fsp3) is 0.273. The maximum atomic E-state index is 13.5. The second kappa shape index (κ2) is 7.25. The van der Waals surface area contributed by atoms with Gasteiger partial charge in [0.2, 0.25) is 17.7 Å². The largest absolute Gasteiger partial charge is 0.465 e. The number of amides is 3. The minimum atomic E-state index is -2.02. The fourth-order valence-electron chi connectivity index (χ4n) is 4.38. The molecule has 0 aliphatic carbocycles. The summed E-state index contributed by atoms with van der Waals surface area (Å²) in [6.07, 6.45) is -0.309. The lowest BCUT2D eigenvalue weighted by Crippen LogP contribution is -2.54. The van der Waals surface area contributed by atoms with Crippen LogP contribution in [0.3, 0.4) is 0 Å². The third-order valence-corrected chi connectivity index (χ3v) is 5.99. The number of imide groups is 1. The molecule has 0 unspecified atom stereocenters. The van der Waals surface area contributed by atoms with E-state index in [9.17, 15) is 19.2 Å². The Bertz CT molecular complexity index is 1070. The smallest absolute Gasteiger partial charge is 0.327 e. The number of fused-ring (bicyclic) bond motifs is 1. The summed E-state index contributed by atoms with van der Waals surface area (Å²) in [5, 5.41) is 0.164. The highest BCUT2D eigenvalue weighted by Gasteiger charge is 2.67. The topological polar surface area (TPSA) is 84.0 Å². The first-order chi connectivity index (χ1) is 14.4. The van der Waals surface area contributed by atoms with Gasteiger partial charge in [0, 0.05) is 29.7 Å². The van der Waals surface area contributed by atoms with Crippen LogP contribution in [0.25, 0.3) is 0 Å². The molecule has 2 atom stereocenters. The molecule has 2 aromatic carbocycles. The summed E-state index contributed by atoms with van der Waals surface area (Å²) < 4.78 is 5.27. The normalized spacial score (nSPS) is 23.2. The number of halogens is 1. The molecule has 0 radical (unpaired) electrons. The van der Waals surface area contributed by atoms with Crippen molar-refractivity contribution in [1.29, 1.82) is 0 Å². The third kappa shape index (κ3) is 2.58. The average Bonchev–Trinajstić information content (AvgIpc) is 3.15. The van der Waals surface area contributed by atoms with Crippen LogP contribution in [0.2, 0.25) is 5.02 Å². The van der Waals surface area contributed by atoms with Gasteiger partial charge >= 0.3 is 5.97 Å². The number of hydrogen-bond donors (Lipinski definition) is 0. The van der Waals surface area contributed by atoms with Crippen molar-refractivity contribution in [3.8, 4) is 0 Å². The van der Waals surface area contributed by atoms with Crippen LogP contribution in [0.1, 0.15) is 18.9 Å². The summed E-state index contributed by atoms with van der Waals surface area (Å²) in [7, 11) is 1.51. The van der Waals surface area contributed by atoms with Crippen molar-refractivity contribution in [1.82, 2.24) is 0 Å². The lowest BCUT2D eigenvalue weighted by Gasteiger charge is -2.30. The number of rotatable bonds is 4. The number of carbonyl (C=O) groups is 4. The molecule has 154 valence electrons. The number of benzene rings is 2. The summed E-state index contributed by atoms with van der Waals surface area (Å²) >= 11 is 6.45. The van der Waals surface area contributed by atoms with Crippen molar-refractivity contribution in [2.75, 3.05) is 23.5 Å². The minimum absolute atomic E-state index is 0.00855. The molecule has 8 heteroatoms. The van der Waals surface area contributed by atoms with Crippen molar-refractivity contribution in [3.63, 3.8) is 0 Å². The van der Waals surface area contributed by atoms with E-state index in [0.29, 0.717) is 11.4 Å². The van der Waals surface area contributed by atoms with Gasteiger partial charge in [-0.15, -0.1) is 0 Å². The standard InChI is InChI=1S/C22H19ClN2O5/c1-3-30-21(29)22(18-15(23)10-7-11-16(18)24(2)20(22)28)14-12-17(26)25(19(14)27)13-8-5-4-6-9-13/h4-11,14H,3,12H2,1-2H3/t14-,22+/m1/s1. The van der Waals surface area contributed by atoms with Gasteiger partial charge in [-0.3, -0.25) is 24.1 Å². The summed E-state index contributed by atoms with van der Waals surface area (Å²) in [4.78, 5) is 55.5. The van der Waals surface area contributed by atoms with E-state index in [1.54, 1.807) is 55.5 Å².